The standard InChI is InChI=1S/C18H20N8/c1-10-5-15(20-18-17(10)21-23-26(18)4)16-7-14(22-25(16)3)13-6-12(13)11-8-19-24(2)9-11/h5,7-9,12-13H,6H2,1-4H3/t12-,13+/m1/s1. The number of pyridine rings is 1. The summed E-state index contributed by atoms with van der Waals surface area (Å²) in [7, 11) is 5.79. The van der Waals surface area contributed by atoms with Crippen molar-refractivity contribution in [2.75, 3.05) is 0 Å². The van der Waals surface area contributed by atoms with Crippen LogP contribution in [0.4, 0.5) is 0 Å². The van der Waals surface area contributed by atoms with Crippen LogP contribution in [0.3, 0.4) is 0 Å². The third-order valence-electron chi connectivity index (χ3n) is 5.23. The second kappa shape index (κ2) is 5.23. The van der Waals surface area contributed by atoms with E-state index < -0.39 is 0 Å². The van der Waals surface area contributed by atoms with Gasteiger partial charge >= 0.3 is 0 Å². The van der Waals surface area contributed by atoms with E-state index in [2.05, 4.69) is 33.7 Å². The molecule has 0 N–H and O–H groups in total. The molecule has 0 amide bonds. The largest absolute Gasteiger partial charge is 0.276 e. The summed E-state index contributed by atoms with van der Waals surface area (Å²) >= 11 is 0. The Bertz CT molecular complexity index is 1130. The van der Waals surface area contributed by atoms with Gasteiger partial charge in [0.15, 0.2) is 5.65 Å². The van der Waals surface area contributed by atoms with Crippen LogP contribution < -0.4 is 0 Å². The molecular formula is C18H20N8. The SMILES string of the molecule is Cc1cc(-c2cc([C@H]3C[C@@H]3c3cnn(C)c3)nn2C)nc2c1nnn2C. The zero-order valence-corrected chi connectivity index (χ0v) is 15.2. The second-order valence-electron chi connectivity index (χ2n) is 7.18. The van der Waals surface area contributed by atoms with Gasteiger partial charge in [-0.1, -0.05) is 5.21 Å². The minimum atomic E-state index is 0.461. The molecule has 8 nitrogen and oxygen atoms in total. The van der Waals surface area contributed by atoms with Gasteiger partial charge in [0, 0.05) is 33.3 Å². The minimum Gasteiger partial charge on any atom is -0.276 e. The van der Waals surface area contributed by atoms with Crippen molar-refractivity contribution in [2.24, 2.45) is 21.1 Å². The first-order valence-corrected chi connectivity index (χ1v) is 8.71. The molecule has 1 saturated carbocycles. The number of aryl methyl sites for hydroxylation is 4. The molecule has 1 aliphatic carbocycles. The van der Waals surface area contributed by atoms with Crippen LogP contribution in [0, 0.1) is 6.92 Å². The molecular weight excluding hydrogens is 328 g/mol. The Hall–Kier alpha value is -3.03. The first kappa shape index (κ1) is 15.2. The molecule has 0 bridgehead atoms. The topological polar surface area (TPSA) is 79.2 Å². The van der Waals surface area contributed by atoms with Gasteiger partial charge in [0.05, 0.1) is 23.3 Å². The molecule has 0 aliphatic heterocycles. The summed E-state index contributed by atoms with van der Waals surface area (Å²) < 4.78 is 5.49. The molecule has 2 atom stereocenters. The third kappa shape index (κ3) is 2.25. The molecule has 4 heterocycles. The lowest BCUT2D eigenvalue weighted by atomic mass is 10.1. The van der Waals surface area contributed by atoms with Gasteiger partial charge in [-0.25, -0.2) is 9.67 Å². The van der Waals surface area contributed by atoms with E-state index in [-0.39, 0.29) is 0 Å². The molecule has 0 unspecified atom stereocenters. The van der Waals surface area contributed by atoms with Gasteiger partial charge in [0.1, 0.15) is 5.52 Å². The number of hydrogen-bond acceptors (Lipinski definition) is 5. The molecule has 8 heteroatoms. The number of rotatable bonds is 3. The van der Waals surface area contributed by atoms with Crippen LogP contribution in [-0.2, 0) is 21.1 Å². The Kier molecular flexibility index (Phi) is 3.07. The van der Waals surface area contributed by atoms with Crippen molar-refractivity contribution in [1.82, 2.24) is 39.5 Å². The van der Waals surface area contributed by atoms with Crippen LogP contribution in [0.5, 0.6) is 0 Å². The Morgan fingerprint density at radius 1 is 1.08 bits per heavy atom. The average molecular weight is 348 g/mol. The molecule has 0 spiro atoms. The van der Waals surface area contributed by atoms with Crippen LogP contribution in [-0.4, -0.2) is 39.5 Å². The molecule has 5 rings (SSSR count). The van der Waals surface area contributed by atoms with E-state index in [1.165, 1.54) is 5.56 Å². The van der Waals surface area contributed by atoms with Gasteiger partial charge in [-0.15, -0.1) is 5.10 Å². The fraction of sp³-hybridized carbons (Fsp3) is 0.389. The van der Waals surface area contributed by atoms with E-state index in [0.29, 0.717) is 11.8 Å². The van der Waals surface area contributed by atoms with Gasteiger partial charge in [0.2, 0.25) is 0 Å². The van der Waals surface area contributed by atoms with Crippen LogP contribution >= 0.6 is 0 Å². The Morgan fingerprint density at radius 2 is 1.92 bits per heavy atom. The van der Waals surface area contributed by atoms with Crippen molar-refractivity contribution in [2.45, 2.75) is 25.2 Å². The van der Waals surface area contributed by atoms with Crippen LogP contribution in [0.2, 0.25) is 0 Å². The van der Waals surface area contributed by atoms with Gasteiger partial charge in [-0.2, -0.15) is 10.2 Å². The molecule has 0 aromatic carbocycles. The monoisotopic (exact) mass is 348 g/mol. The minimum absolute atomic E-state index is 0.461. The molecule has 0 saturated heterocycles. The van der Waals surface area contributed by atoms with Gasteiger partial charge in [-0.3, -0.25) is 9.36 Å². The van der Waals surface area contributed by atoms with E-state index in [9.17, 15) is 0 Å². The van der Waals surface area contributed by atoms with Crippen LogP contribution in [0.25, 0.3) is 22.6 Å². The predicted octanol–water partition coefficient (Wildman–Crippen LogP) is 2.08. The van der Waals surface area contributed by atoms with Gasteiger partial charge in [-0.05, 0) is 42.5 Å². The maximum absolute atomic E-state index is 4.76. The molecule has 132 valence electrons. The Balaban J connectivity index is 1.51. The highest BCUT2D eigenvalue weighted by atomic mass is 15.4. The van der Waals surface area contributed by atoms with Crippen molar-refractivity contribution in [3.8, 4) is 11.4 Å². The van der Waals surface area contributed by atoms with E-state index in [1.54, 1.807) is 4.68 Å². The van der Waals surface area contributed by atoms with Crippen molar-refractivity contribution >= 4 is 11.2 Å². The van der Waals surface area contributed by atoms with E-state index >= 15 is 0 Å². The fourth-order valence-corrected chi connectivity index (χ4v) is 3.72. The Labute approximate surface area is 150 Å². The fourth-order valence-electron chi connectivity index (χ4n) is 3.72. The number of aromatic nitrogens is 8. The molecule has 4 aromatic rings. The lowest BCUT2D eigenvalue weighted by Gasteiger charge is -2.03. The van der Waals surface area contributed by atoms with Crippen LogP contribution in [0.1, 0.15) is 35.1 Å². The molecule has 1 aliphatic rings. The zero-order valence-electron chi connectivity index (χ0n) is 15.2. The van der Waals surface area contributed by atoms with Crippen molar-refractivity contribution < 1.29 is 0 Å². The predicted molar refractivity (Wildman–Crippen MR) is 96.6 cm³/mol. The highest BCUT2D eigenvalue weighted by molar-refractivity contribution is 5.77. The van der Waals surface area contributed by atoms with Crippen molar-refractivity contribution in [3.05, 3.63) is 41.3 Å². The summed E-state index contributed by atoms with van der Waals surface area (Å²) in [6, 6.07) is 4.22. The second-order valence-corrected chi connectivity index (χ2v) is 7.18. The zero-order chi connectivity index (χ0) is 18.0. The van der Waals surface area contributed by atoms with E-state index in [1.807, 2.05) is 43.6 Å². The van der Waals surface area contributed by atoms with E-state index in [4.69, 9.17) is 10.1 Å². The smallest absolute Gasteiger partial charge is 0.179 e. The lowest BCUT2D eigenvalue weighted by molar-refractivity contribution is 0.728. The quantitative estimate of drug-likeness (QED) is 0.566. The maximum Gasteiger partial charge on any atom is 0.179 e. The highest BCUT2D eigenvalue weighted by Gasteiger charge is 2.42. The molecule has 4 aromatic heterocycles. The number of nitrogens with zero attached hydrogens (tertiary/aromatic N) is 8. The van der Waals surface area contributed by atoms with Crippen LogP contribution in [0.15, 0.2) is 24.5 Å². The lowest BCUT2D eigenvalue weighted by Crippen LogP contribution is -1.98. The van der Waals surface area contributed by atoms with Gasteiger partial charge < -0.3 is 0 Å². The van der Waals surface area contributed by atoms with E-state index in [0.717, 1.165) is 40.2 Å². The van der Waals surface area contributed by atoms with Gasteiger partial charge in [0.25, 0.3) is 0 Å². The maximum atomic E-state index is 4.76. The first-order valence-electron chi connectivity index (χ1n) is 8.71. The summed E-state index contributed by atoms with van der Waals surface area (Å²) in [5, 5.41) is 17.3. The van der Waals surface area contributed by atoms with Crippen molar-refractivity contribution in [3.63, 3.8) is 0 Å². The van der Waals surface area contributed by atoms with Crippen molar-refractivity contribution in [1.29, 1.82) is 0 Å². The number of hydrogen-bond donors (Lipinski definition) is 0. The normalized spacial score (nSPS) is 19.4. The summed E-state index contributed by atoms with van der Waals surface area (Å²) in [6.45, 7) is 2.04. The summed E-state index contributed by atoms with van der Waals surface area (Å²) in [4.78, 5) is 4.76. The highest BCUT2D eigenvalue weighted by Crippen LogP contribution is 2.54. The molecule has 26 heavy (non-hydrogen) atoms. The summed E-state index contributed by atoms with van der Waals surface area (Å²) in [6.07, 6.45) is 5.19. The molecule has 1 fully saturated rings. The first-order chi connectivity index (χ1) is 12.5. The Morgan fingerprint density at radius 3 is 2.69 bits per heavy atom. The summed E-state index contributed by atoms with van der Waals surface area (Å²) in [5.41, 5.74) is 7.05. The average Bonchev–Trinajstić information content (AvgIpc) is 2.91. The third-order valence-corrected chi connectivity index (χ3v) is 5.23. The molecule has 0 radical (unpaired) electrons. The number of fused-ring (bicyclic) bond motifs is 1. The summed E-state index contributed by atoms with van der Waals surface area (Å²) in [5.74, 6) is 0.979.